The Hall–Kier alpha value is -2.36. The lowest BCUT2D eigenvalue weighted by Gasteiger charge is -2.42. The van der Waals surface area contributed by atoms with Crippen molar-refractivity contribution in [2.24, 2.45) is 5.92 Å². The van der Waals surface area contributed by atoms with Gasteiger partial charge in [0.15, 0.2) is 0 Å². The van der Waals surface area contributed by atoms with Crippen LogP contribution >= 0.6 is 0 Å². The van der Waals surface area contributed by atoms with Crippen LogP contribution in [0.1, 0.15) is 86.0 Å². The summed E-state index contributed by atoms with van der Waals surface area (Å²) in [4.78, 5) is 15.5. The largest absolute Gasteiger partial charge is 0.416 e. The number of hydrogen-bond acceptors (Lipinski definition) is 4. The highest BCUT2D eigenvalue weighted by molar-refractivity contribution is 5.97. The molecule has 0 spiro atoms. The first-order valence-corrected chi connectivity index (χ1v) is 15.1. The van der Waals surface area contributed by atoms with Gasteiger partial charge in [-0.15, -0.1) is 0 Å². The molecular weight excluding hydrogens is 531 g/mol. The molecule has 1 amide bonds. The Labute approximate surface area is 241 Å². The zero-order valence-electron chi connectivity index (χ0n) is 24.6. The van der Waals surface area contributed by atoms with Gasteiger partial charge in [-0.2, -0.15) is 13.2 Å². The molecule has 3 heterocycles. The Morgan fingerprint density at radius 1 is 1.05 bits per heavy atom. The number of halogens is 3. The summed E-state index contributed by atoms with van der Waals surface area (Å²) in [6.45, 7) is 9.58. The molecule has 1 saturated carbocycles. The maximum atomic E-state index is 14.5. The Bertz CT molecular complexity index is 1210. The van der Waals surface area contributed by atoms with Gasteiger partial charge in [-0.05, 0) is 75.6 Å². The van der Waals surface area contributed by atoms with Crippen molar-refractivity contribution in [1.29, 1.82) is 0 Å². The van der Waals surface area contributed by atoms with Crippen LogP contribution in [0.2, 0.25) is 0 Å². The molecule has 226 valence electrons. The molecule has 41 heavy (non-hydrogen) atoms. The van der Waals surface area contributed by atoms with Gasteiger partial charge in [-0.3, -0.25) is 9.69 Å². The summed E-state index contributed by atoms with van der Waals surface area (Å²) >= 11 is 0. The number of nitrogens with one attached hydrogen (secondary N) is 1. The predicted molar refractivity (Wildman–Crippen MR) is 153 cm³/mol. The van der Waals surface area contributed by atoms with Gasteiger partial charge in [0.1, 0.15) is 0 Å². The van der Waals surface area contributed by atoms with Crippen molar-refractivity contribution in [3.05, 3.63) is 46.6 Å². The van der Waals surface area contributed by atoms with Crippen molar-refractivity contribution in [2.45, 2.75) is 96.6 Å². The van der Waals surface area contributed by atoms with E-state index in [2.05, 4.69) is 14.8 Å². The molecule has 2 aliphatic heterocycles. The van der Waals surface area contributed by atoms with Gasteiger partial charge in [0.25, 0.3) is 5.91 Å². The molecule has 5 rings (SSSR count). The number of benzene rings is 1. The number of rotatable bonds is 7. The summed E-state index contributed by atoms with van der Waals surface area (Å²) in [5.41, 5.74) is 1.76. The third-order valence-corrected chi connectivity index (χ3v) is 9.16. The standard InChI is InChI=1S/C32H44F3N3O3/c1-22-27(30(39)36-26-10-7-14-40-20-26)17-29(38(22)18-23-8-5-4-6-9-23)24-11-12-25(28(16-24)32(33,34)35)19-37-13-15-41-21-31(37,2)3/h11-12,16-17,23,26H,4-10,13-15,18-21H2,1-3H3,(H,36,39). The van der Waals surface area contributed by atoms with E-state index < -0.39 is 11.7 Å². The fourth-order valence-corrected chi connectivity index (χ4v) is 6.62. The number of amides is 1. The van der Waals surface area contributed by atoms with Crippen LogP contribution in [-0.4, -0.2) is 59.9 Å². The second-order valence-corrected chi connectivity index (χ2v) is 12.7. The van der Waals surface area contributed by atoms with Crippen LogP contribution in [0.3, 0.4) is 0 Å². The molecule has 1 aliphatic carbocycles. The van der Waals surface area contributed by atoms with Crippen molar-refractivity contribution in [3.63, 3.8) is 0 Å². The number of carbonyl (C=O) groups is 1. The lowest BCUT2D eigenvalue weighted by Crippen LogP contribution is -2.52. The molecule has 2 saturated heterocycles. The molecule has 1 unspecified atom stereocenters. The first-order valence-electron chi connectivity index (χ1n) is 15.1. The van der Waals surface area contributed by atoms with E-state index in [0.717, 1.165) is 31.4 Å². The summed E-state index contributed by atoms with van der Waals surface area (Å²) in [6, 6.07) is 6.43. The minimum absolute atomic E-state index is 0.0543. The normalized spacial score (nSPS) is 22.5. The second-order valence-electron chi connectivity index (χ2n) is 12.7. The van der Waals surface area contributed by atoms with Crippen molar-refractivity contribution in [1.82, 2.24) is 14.8 Å². The molecule has 1 N–H and O–H groups in total. The van der Waals surface area contributed by atoms with Crippen molar-refractivity contribution in [3.8, 4) is 11.3 Å². The Morgan fingerprint density at radius 3 is 2.51 bits per heavy atom. The zero-order valence-corrected chi connectivity index (χ0v) is 24.6. The Balaban J connectivity index is 1.50. The van der Waals surface area contributed by atoms with E-state index in [1.807, 2.05) is 20.8 Å². The van der Waals surface area contributed by atoms with E-state index in [1.54, 1.807) is 18.2 Å². The minimum atomic E-state index is -4.50. The van der Waals surface area contributed by atoms with Crippen molar-refractivity contribution in [2.75, 3.05) is 33.0 Å². The summed E-state index contributed by atoms with van der Waals surface area (Å²) in [5.74, 6) is 0.255. The Kier molecular flexibility index (Phi) is 9.16. The summed E-state index contributed by atoms with van der Waals surface area (Å²) < 4.78 is 56.7. The fourth-order valence-electron chi connectivity index (χ4n) is 6.62. The molecule has 6 nitrogen and oxygen atoms in total. The number of hydrogen-bond donors (Lipinski definition) is 1. The number of morpholine rings is 1. The van der Waals surface area contributed by atoms with Crippen LogP contribution < -0.4 is 5.32 Å². The quantitative estimate of drug-likeness (QED) is 0.405. The highest BCUT2D eigenvalue weighted by Gasteiger charge is 2.37. The zero-order chi connectivity index (χ0) is 29.2. The van der Waals surface area contributed by atoms with Crippen LogP contribution in [0.4, 0.5) is 13.2 Å². The van der Waals surface area contributed by atoms with Gasteiger partial charge in [-0.1, -0.05) is 31.4 Å². The topological polar surface area (TPSA) is 55.7 Å². The number of nitrogens with zero attached hydrogens (tertiary/aromatic N) is 2. The smallest absolute Gasteiger partial charge is 0.379 e. The molecule has 3 fully saturated rings. The molecule has 9 heteroatoms. The van der Waals surface area contributed by atoms with Gasteiger partial charge in [0.2, 0.25) is 0 Å². The van der Waals surface area contributed by atoms with Crippen LogP contribution in [0.15, 0.2) is 24.3 Å². The van der Waals surface area contributed by atoms with E-state index in [9.17, 15) is 18.0 Å². The Morgan fingerprint density at radius 2 is 1.83 bits per heavy atom. The number of ether oxygens (including phenoxy) is 2. The van der Waals surface area contributed by atoms with Crippen LogP contribution in [0.25, 0.3) is 11.3 Å². The average Bonchev–Trinajstić information content (AvgIpc) is 3.26. The predicted octanol–water partition coefficient (Wildman–Crippen LogP) is 6.58. The highest BCUT2D eigenvalue weighted by Crippen LogP contribution is 2.38. The molecule has 3 aliphatic rings. The van der Waals surface area contributed by atoms with E-state index >= 15 is 0 Å². The number of aromatic nitrogens is 1. The summed E-state index contributed by atoms with van der Waals surface area (Å²) in [7, 11) is 0. The van der Waals surface area contributed by atoms with Crippen LogP contribution in [0, 0.1) is 12.8 Å². The lowest BCUT2D eigenvalue weighted by molar-refractivity contribution is -0.139. The van der Waals surface area contributed by atoms with Crippen LogP contribution in [0.5, 0.6) is 0 Å². The molecular formula is C32H44F3N3O3. The maximum Gasteiger partial charge on any atom is 0.416 e. The maximum absolute atomic E-state index is 14.5. The first-order chi connectivity index (χ1) is 19.5. The van der Waals surface area contributed by atoms with Gasteiger partial charge in [0.05, 0.1) is 37.0 Å². The lowest BCUT2D eigenvalue weighted by atomic mass is 9.89. The minimum Gasteiger partial charge on any atom is -0.379 e. The van der Waals surface area contributed by atoms with Gasteiger partial charge in [-0.25, -0.2) is 0 Å². The molecule has 1 aromatic heterocycles. The second kappa shape index (κ2) is 12.5. The molecule has 1 aromatic carbocycles. The van der Waals surface area contributed by atoms with Gasteiger partial charge >= 0.3 is 6.18 Å². The summed E-state index contributed by atoms with van der Waals surface area (Å²) in [6.07, 6.45) is 3.00. The van der Waals surface area contributed by atoms with Crippen molar-refractivity contribution >= 4 is 5.91 Å². The van der Waals surface area contributed by atoms with E-state index in [-0.39, 0.29) is 29.6 Å². The van der Waals surface area contributed by atoms with Gasteiger partial charge < -0.3 is 19.4 Å². The third-order valence-electron chi connectivity index (χ3n) is 9.16. The SMILES string of the molecule is Cc1c(C(=O)NC2CCCOC2)cc(-c2ccc(CN3CCOCC3(C)C)c(C(F)(F)F)c2)n1CC1CCCCC1. The summed E-state index contributed by atoms with van der Waals surface area (Å²) in [5, 5.41) is 3.10. The van der Waals surface area contributed by atoms with Crippen molar-refractivity contribution < 1.29 is 27.4 Å². The first kappa shape index (κ1) is 30.1. The molecule has 1 atom stereocenters. The van der Waals surface area contributed by atoms with E-state index in [0.29, 0.717) is 62.3 Å². The van der Waals surface area contributed by atoms with Crippen LogP contribution in [-0.2, 0) is 28.7 Å². The van der Waals surface area contributed by atoms with E-state index in [4.69, 9.17) is 9.47 Å². The monoisotopic (exact) mass is 575 g/mol. The van der Waals surface area contributed by atoms with E-state index in [1.165, 1.54) is 25.3 Å². The average molecular weight is 576 g/mol. The molecule has 0 radical (unpaired) electrons. The molecule has 0 bridgehead atoms. The molecule has 2 aromatic rings. The highest BCUT2D eigenvalue weighted by atomic mass is 19.4. The fraction of sp³-hybridized carbons (Fsp3) is 0.656. The number of alkyl halides is 3. The van der Waals surface area contributed by atoms with Gasteiger partial charge in [0, 0.05) is 43.2 Å². The third kappa shape index (κ3) is 7.00. The number of carbonyl (C=O) groups excluding carboxylic acids is 1.